The molecule has 0 bridgehead atoms. The first-order chi connectivity index (χ1) is 9.92. The summed E-state index contributed by atoms with van der Waals surface area (Å²) < 4.78 is 10.3. The monoisotopic (exact) mass is 311 g/mol. The van der Waals surface area contributed by atoms with Gasteiger partial charge in [-0.15, -0.1) is 11.8 Å². The van der Waals surface area contributed by atoms with Crippen molar-refractivity contribution < 1.29 is 14.3 Å². The van der Waals surface area contributed by atoms with Crippen molar-refractivity contribution in [1.82, 2.24) is 5.32 Å². The van der Waals surface area contributed by atoms with Gasteiger partial charge in [0.25, 0.3) is 0 Å². The van der Waals surface area contributed by atoms with Gasteiger partial charge in [0.2, 0.25) is 0 Å². The molecule has 1 atom stereocenters. The van der Waals surface area contributed by atoms with Gasteiger partial charge in [0.05, 0.1) is 14.2 Å². The number of carbonyl (C=O) groups is 1. The zero-order chi connectivity index (χ0) is 15.9. The normalized spacial score (nSPS) is 13.8. The van der Waals surface area contributed by atoms with E-state index in [4.69, 9.17) is 9.47 Å². The second-order valence-corrected chi connectivity index (χ2v) is 6.51. The molecule has 0 saturated carbocycles. The number of ether oxygens (including phenoxy) is 2. The molecule has 0 heterocycles. The number of rotatable bonds is 8. The van der Waals surface area contributed by atoms with Crippen molar-refractivity contribution in [2.75, 3.05) is 20.0 Å². The molecule has 0 aromatic heterocycles. The molecule has 1 unspecified atom stereocenters. The summed E-state index contributed by atoms with van der Waals surface area (Å²) in [5, 5.41) is 3.30. The van der Waals surface area contributed by atoms with Crippen molar-refractivity contribution in [3.63, 3.8) is 0 Å². The fourth-order valence-corrected chi connectivity index (χ4v) is 3.40. The molecule has 0 fully saturated rings. The van der Waals surface area contributed by atoms with Crippen LogP contribution in [0, 0.1) is 0 Å². The molecule has 1 rings (SSSR count). The highest BCUT2D eigenvalue weighted by atomic mass is 32.2. The maximum atomic E-state index is 12.0. The first kappa shape index (κ1) is 17.9. The molecule has 5 heteroatoms. The number of hydrogen-bond donors (Lipinski definition) is 1. The van der Waals surface area contributed by atoms with Crippen molar-refractivity contribution in [2.45, 2.75) is 43.7 Å². The van der Waals surface area contributed by atoms with Gasteiger partial charge in [-0.2, -0.15) is 0 Å². The van der Waals surface area contributed by atoms with E-state index < -0.39 is 5.54 Å². The summed E-state index contributed by atoms with van der Waals surface area (Å²) in [7, 11) is 3.09. The van der Waals surface area contributed by atoms with Crippen LogP contribution in [-0.4, -0.2) is 37.5 Å². The molecule has 0 aliphatic rings. The molecule has 0 spiro atoms. The summed E-state index contributed by atoms with van der Waals surface area (Å²) in [5.74, 6) is 1.43. The maximum Gasteiger partial charge on any atom is 0.325 e. The van der Waals surface area contributed by atoms with Gasteiger partial charge in [0.15, 0.2) is 0 Å². The molecule has 0 saturated heterocycles. The first-order valence-electron chi connectivity index (χ1n) is 7.05. The van der Waals surface area contributed by atoms with E-state index in [2.05, 4.69) is 5.32 Å². The predicted molar refractivity (Wildman–Crippen MR) is 87.0 cm³/mol. The summed E-state index contributed by atoms with van der Waals surface area (Å²) in [6, 6.07) is 8.10. The number of thioether (sulfide) groups is 1. The standard InChI is InChI=1S/C16H25NO3S/c1-12(2)17-16(3,15(18)20-5)10-11-21-14-9-7-6-8-13(14)19-4/h6-9,12,17H,10-11H2,1-5H3. The summed E-state index contributed by atoms with van der Waals surface area (Å²) in [4.78, 5) is 13.1. The number of hydrogen-bond acceptors (Lipinski definition) is 5. The van der Waals surface area contributed by atoms with Gasteiger partial charge in [-0.25, -0.2) is 0 Å². The van der Waals surface area contributed by atoms with Gasteiger partial charge in [0, 0.05) is 16.7 Å². The van der Waals surface area contributed by atoms with E-state index in [0.717, 1.165) is 16.4 Å². The van der Waals surface area contributed by atoms with Crippen molar-refractivity contribution in [3.05, 3.63) is 24.3 Å². The van der Waals surface area contributed by atoms with Gasteiger partial charge >= 0.3 is 5.97 Å². The van der Waals surface area contributed by atoms with Crippen LogP contribution in [0.25, 0.3) is 0 Å². The van der Waals surface area contributed by atoms with E-state index in [1.54, 1.807) is 18.9 Å². The maximum absolute atomic E-state index is 12.0. The molecule has 1 N–H and O–H groups in total. The summed E-state index contributed by atoms with van der Waals surface area (Å²) in [6.07, 6.45) is 0.681. The average Bonchev–Trinajstić information content (AvgIpc) is 2.46. The third-order valence-corrected chi connectivity index (χ3v) is 4.23. The Balaban J connectivity index is 2.67. The Hall–Kier alpha value is -1.20. The van der Waals surface area contributed by atoms with Crippen LogP contribution in [0.15, 0.2) is 29.2 Å². The molecule has 0 radical (unpaired) electrons. The minimum absolute atomic E-state index is 0.213. The van der Waals surface area contributed by atoms with Crippen LogP contribution < -0.4 is 10.1 Å². The Bertz CT molecular complexity index is 465. The van der Waals surface area contributed by atoms with Crippen LogP contribution in [0.4, 0.5) is 0 Å². The second kappa shape index (κ2) is 8.29. The van der Waals surface area contributed by atoms with Gasteiger partial charge < -0.3 is 9.47 Å². The fourth-order valence-electron chi connectivity index (χ4n) is 2.20. The van der Waals surface area contributed by atoms with Crippen molar-refractivity contribution in [2.24, 2.45) is 0 Å². The second-order valence-electron chi connectivity index (χ2n) is 5.37. The Morgan fingerprint density at radius 2 is 2.00 bits per heavy atom. The van der Waals surface area contributed by atoms with Crippen molar-refractivity contribution >= 4 is 17.7 Å². The summed E-state index contributed by atoms with van der Waals surface area (Å²) >= 11 is 1.68. The molecule has 1 aromatic rings. The van der Waals surface area contributed by atoms with Gasteiger partial charge in [-0.3, -0.25) is 10.1 Å². The van der Waals surface area contributed by atoms with E-state index in [9.17, 15) is 4.79 Å². The topological polar surface area (TPSA) is 47.6 Å². The largest absolute Gasteiger partial charge is 0.496 e. The SMILES string of the molecule is COC(=O)C(C)(CCSc1ccccc1OC)NC(C)C. The highest BCUT2D eigenvalue weighted by Gasteiger charge is 2.34. The third kappa shape index (κ3) is 5.25. The van der Waals surface area contributed by atoms with Crippen LogP contribution in [0.2, 0.25) is 0 Å². The molecule has 118 valence electrons. The number of para-hydroxylation sites is 1. The van der Waals surface area contributed by atoms with Gasteiger partial charge in [0.1, 0.15) is 11.3 Å². The Morgan fingerprint density at radius 3 is 2.57 bits per heavy atom. The number of nitrogens with one attached hydrogen (secondary N) is 1. The lowest BCUT2D eigenvalue weighted by molar-refractivity contribution is -0.148. The van der Waals surface area contributed by atoms with E-state index >= 15 is 0 Å². The van der Waals surface area contributed by atoms with Crippen molar-refractivity contribution in [1.29, 1.82) is 0 Å². The quantitative estimate of drug-likeness (QED) is 0.590. The van der Waals surface area contributed by atoms with E-state index in [0.29, 0.717) is 6.42 Å². The third-order valence-electron chi connectivity index (χ3n) is 3.17. The molecule has 1 aromatic carbocycles. The number of carbonyl (C=O) groups excluding carboxylic acids is 1. The predicted octanol–water partition coefficient (Wildman–Crippen LogP) is 3.11. The zero-order valence-corrected chi connectivity index (χ0v) is 14.3. The Labute approximate surface area is 131 Å². The lowest BCUT2D eigenvalue weighted by atomic mass is 9.98. The molecule has 0 aliphatic carbocycles. The van der Waals surface area contributed by atoms with Gasteiger partial charge in [-0.05, 0) is 39.3 Å². The summed E-state index contributed by atoms with van der Waals surface area (Å²) in [5.41, 5.74) is -0.669. The van der Waals surface area contributed by atoms with Crippen LogP contribution in [0.5, 0.6) is 5.75 Å². The van der Waals surface area contributed by atoms with Crippen LogP contribution >= 0.6 is 11.8 Å². The van der Waals surface area contributed by atoms with E-state index in [-0.39, 0.29) is 12.0 Å². The molecule has 0 aliphatic heterocycles. The minimum Gasteiger partial charge on any atom is -0.496 e. The summed E-state index contributed by atoms with van der Waals surface area (Å²) in [6.45, 7) is 5.94. The van der Waals surface area contributed by atoms with Crippen LogP contribution in [-0.2, 0) is 9.53 Å². The Kier molecular flexibility index (Phi) is 7.05. The van der Waals surface area contributed by atoms with Crippen LogP contribution in [0.1, 0.15) is 27.2 Å². The molecule has 21 heavy (non-hydrogen) atoms. The zero-order valence-electron chi connectivity index (χ0n) is 13.4. The van der Waals surface area contributed by atoms with Crippen LogP contribution in [0.3, 0.4) is 0 Å². The highest BCUT2D eigenvalue weighted by Crippen LogP contribution is 2.30. The number of methoxy groups -OCH3 is 2. The minimum atomic E-state index is -0.669. The number of benzene rings is 1. The lowest BCUT2D eigenvalue weighted by Crippen LogP contribution is -2.53. The first-order valence-corrected chi connectivity index (χ1v) is 8.03. The Morgan fingerprint density at radius 1 is 1.33 bits per heavy atom. The van der Waals surface area contributed by atoms with Crippen molar-refractivity contribution in [3.8, 4) is 5.75 Å². The van der Waals surface area contributed by atoms with E-state index in [1.807, 2.05) is 45.0 Å². The number of esters is 1. The molecule has 0 amide bonds. The average molecular weight is 311 g/mol. The smallest absolute Gasteiger partial charge is 0.325 e. The molecule has 4 nitrogen and oxygen atoms in total. The van der Waals surface area contributed by atoms with E-state index in [1.165, 1.54) is 7.11 Å². The molecular formula is C16H25NO3S. The fraction of sp³-hybridized carbons (Fsp3) is 0.562. The highest BCUT2D eigenvalue weighted by molar-refractivity contribution is 7.99. The van der Waals surface area contributed by atoms with Gasteiger partial charge in [-0.1, -0.05) is 12.1 Å². The molecular weight excluding hydrogens is 286 g/mol. The lowest BCUT2D eigenvalue weighted by Gasteiger charge is -2.30.